The number of nitrogens with zero attached hydrogens (tertiary/aromatic N) is 3. The summed E-state index contributed by atoms with van der Waals surface area (Å²) in [5.41, 5.74) is -1.76. The molecular weight excluding hydrogens is 198 g/mol. The molecule has 0 aliphatic carbocycles. The van der Waals surface area contributed by atoms with Crippen molar-refractivity contribution in [1.82, 2.24) is 0 Å². The van der Waals surface area contributed by atoms with Gasteiger partial charge in [0.15, 0.2) is 0 Å². The Labute approximate surface area is 87.7 Å². The standard InChI is InChI=1S/C9H11N3O3/c1-4-14-8(13)9(2,3)15-12-7(5-10)6-11/h4H2,1-3H3. The van der Waals surface area contributed by atoms with Crippen LogP contribution in [0.5, 0.6) is 0 Å². The molecule has 0 aliphatic heterocycles. The zero-order valence-electron chi connectivity index (χ0n) is 8.77. The molecule has 0 atom stereocenters. The summed E-state index contributed by atoms with van der Waals surface area (Å²) >= 11 is 0. The molecule has 0 aromatic carbocycles. The fraction of sp³-hybridized carbons (Fsp3) is 0.556. The first-order chi connectivity index (χ1) is 6.97. The third-order valence-corrected chi connectivity index (χ3v) is 1.34. The van der Waals surface area contributed by atoms with Gasteiger partial charge in [-0.2, -0.15) is 10.5 Å². The van der Waals surface area contributed by atoms with Gasteiger partial charge in [-0.1, -0.05) is 5.16 Å². The van der Waals surface area contributed by atoms with Crippen LogP contribution in [-0.4, -0.2) is 23.9 Å². The van der Waals surface area contributed by atoms with Crippen molar-refractivity contribution < 1.29 is 14.4 Å². The molecule has 0 fully saturated rings. The van der Waals surface area contributed by atoms with Crippen LogP contribution in [0.25, 0.3) is 0 Å². The van der Waals surface area contributed by atoms with Gasteiger partial charge in [-0.05, 0) is 20.8 Å². The third-order valence-electron chi connectivity index (χ3n) is 1.34. The van der Waals surface area contributed by atoms with Gasteiger partial charge in [0, 0.05) is 0 Å². The lowest BCUT2D eigenvalue weighted by Crippen LogP contribution is -2.35. The molecule has 0 saturated heterocycles. The van der Waals surface area contributed by atoms with Crippen molar-refractivity contribution in [3.63, 3.8) is 0 Å². The molecule has 0 aromatic heterocycles. The minimum absolute atomic E-state index is 0.221. The summed E-state index contributed by atoms with van der Waals surface area (Å²) in [6.07, 6.45) is 0. The number of rotatable bonds is 4. The molecule has 0 rings (SSSR count). The van der Waals surface area contributed by atoms with Crippen molar-refractivity contribution in [3.05, 3.63) is 0 Å². The van der Waals surface area contributed by atoms with E-state index in [4.69, 9.17) is 20.1 Å². The van der Waals surface area contributed by atoms with Crippen LogP contribution in [0.1, 0.15) is 20.8 Å². The molecule has 0 amide bonds. The topological polar surface area (TPSA) is 95.5 Å². The molecule has 0 bridgehead atoms. The van der Waals surface area contributed by atoms with Crippen molar-refractivity contribution in [1.29, 1.82) is 10.5 Å². The highest BCUT2D eigenvalue weighted by atomic mass is 16.7. The monoisotopic (exact) mass is 209 g/mol. The van der Waals surface area contributed by atoms with E-state index in [0.29, 0.717) is 0 Å². The maximum Gasteiger partial charge on any atom is 0.352 e. The first-order valence-corrected chi connectivity index (χ1v) is 4.21. The fourth-order valence-electron chi connectivity index (χ4n) is 0.568. The van der Waals surface area contributed by atoms with Gasteiger partial charge in [-0.3, -0.25) is 0 Å². The Hall–Kier alpha value is -2.08. The van der Waals surface area contributed by atoms with E-state index in [0.717, 1.165) is 0 Å². The van der Waals surface area contributed by atoms with E-state index in [1.165, 1.54) is 26.0 Å². The van der Waals surface area contributed by atoms with Crippen LogP contribution >= 0.6 is 0 Å². The van der Waals surface area contributed by atoms with Crippen molar-refractivity contribution in [2.24, 2.45) is 5.16 Å². The summed E-state index contributed by atoms with van der Waals surface area (Å²) in [6, 6.07) is 3.01. The number of esters is 1. The van der Waals surface area contributed by atoms with Gasteiger partial charge in [0.2, 0.25) is 5.60 Å². The molecule has 15 heavy (non-hydrogen) atoms. The summed E-state index contributed by atoms with van der Waals surface area (Å²) in [5, 5.41) is 20.0. The van der Waals surface area contributed by atoms with E-state index in [9.17, 15) is 4.79 Å². The smallest absolute Gasteiger partial charge is 0.352 e. The van der Waals surface area contributed by atoms with Crippen molar-refractivity contribution >= 4 is 11.7 Å². The number of carbonyl (C=O) groups excluding carboxylic acids is 1. The first-order valence-electron chi connectivity index (χ1n) is 4.21. The Bertz CT molecular complexity index is 331. The molecule has 0 N–H and O–H groups in total. The number of hydrogen-bond donors (Lipinski definition) is 0. The Morgan fingerprint density at radius 2 is 1.93 bits per heavy atom. The third kappa shape index (κ3) is 4.10. The van der Waals surface area contributed by atoms with Crippen LogP contribution in [0, 0.1) is 22.7 Å². The number of ether oxygens (including phenoxy) is 1. The highest BCUT2D eigenvalue weighted by molar-refractivity contribution is 6.09. The molecule has 6 nitrogen and oxygen atoms in total. The van der Waals surface area contributed by atoms with Gasteiger partial charge >= 0.3 is 5.97 Å². The summed E-state index contributed by atoms with van der Waals surface area (Å²) < 4.78 is 4.71. The second-order valence-electron chi connectivity index (χ2n) is 2.99. The minimum atomic E-state index is -1.31. The van der Waals surface area contributed by atoms with E-state index in [1.807, 2.05) is 0 Å². The van der Waals surface area contributed by atoms with Gasteiger partial charge in [-0.15, -0.1) is 0 Å². The zero-order valence-corrected chi connectivity index (χ0v) is 8.77. The molecule has 0 radical (unpaired) electrons. The Balaban J connectivity index is 4.54. The maximum absolute atomic E-state index is 11.3. The molecular formula is C9H11N3O3. The predicted molar refractivity (Wildman–Crippen MR) is 50.5 cm³/mol. The number of nitriles is 2. The van der Waals surface area contributed by atoms with Crippen LogP contribution in [0.3, 0.4) is 0 Å². The van der Waals surface area contributed by atoms with Crippen molar-refractivity contribution in [3.8, 4) is 12.1 Å². The highest BCUT2D eigenvalue weighted by Gasteiger charge is 2.32. The largest absolute Gasteiger partial charge is 0.463 e. The Morgan fingerprint density at radius 1 is 1.40 bits per heavy atom. The number of carbonyl (C=O) groups is 1. The quantitative estimate of drug-likeness (QED) is 0.386. The molecule has 0 aliphatic rings. The van der Waals surface area contributed by atoms with Gasteiger partial charge in [0.1, 0.15) is 12.1 Å². The second kappa shape index (κ2) is 5.61. The second-order valence-corrected chi connectivity index (χ2v) is 2.99. The lowest BCUT2D eigenvalue weighted by Gasteiger charge is -2.19. The molecule has 0 spiro atoms. The van der Waals surface area contributed by atoms with E-state index in [-0.39, 0.29) is 6.61 Å². The Kier molecular flexibility index (Phi) is 4.83. The van der Waals surface area contributed by atoms with Crippen LogP contribution in [0.15, 0.2) is 5.16 Å². The van der Waals surface area contributed by atoms with Gasteiger partial charge in [-0.25, -0.2) is 4.79 Å². The van der Waals surface area contributed by atoms with E-state index >= 15 is 0 Å². The summed E-state index contributed by atoms with van der Waals surface area (Å²) in [6.45, 7) is 4.74. The fourth-order valence-corrected chi connectivity index (χ4v) is 0.568. The zero-order chi connectivity index (χ0) is 11.9. The molecule has 0 unspecified atom stereocenters. The number of hydrogen-bond acceptors (Lipinski definition) is 6. The predicted octanol–water partition coefficient (Wildman–Crippen LogP) is 0.748. The molecule has 0 saturated carbocycles. The minimum Gasteiger partial charge on any atom is -0.463 e. The SMILES string of the molecule is CCOC(=O)C(C)(C)ON=C(C#N)C#N. The van der Waals surface area contributed by atoms with Crippen LogP contribution < -0.4 is 0 Å². The van der Waals surface area contributed by atoms with Crippen LogP contribution in [0.4, 0.5) is 0 Å². The van der Waals surface area contributed by atoms with Gasteiger partial charge in [0.05, 0.1) is 6.61 Å². The average Bonchev–Trinajstić information content (AvgIpc) is 2.19. The van der Waals surface area contributed by atoms with Gasteiger partial charge in [0.25, 0.3) is 5.71 Å². The van der Waals surface area contributed by atoms with Crippen LogP contribution in [0.2, 0.25) is 0 Å². The Morgan fingerprint density at radius 3 is 2.33 bits per heavy atom. The lowest BCUT2D eigenvalue weighted by molar-refractivity contribution is -0.167. The van der Waals surface area contributed by atoms with Crippen molar-refractivity contribution in [2.45, 2.75) is 26.4 Å². The molecule has 80 valence electrons. The molecule has 0 aromatic rings. The van der Waals surface area contributed by atoms with E-state index < -0.39 is 17.3 Å². The number of oxime groups is 1. The van der Waals surface area contributed by atoms with Crippen LogP contribution in [-0.2, 0) is 14.4 Å². The normalized spacial score (nSPS) is 9.40. The summed E-state index contributed by atoms with van der Waals surface area (Å²) in [7, 11) is 0. The van der Waals surface area contributed by atoms with Gasteiger partial charge < -0.3 is 9.57 Å². The first kappa shape index (κ1) is 12.9. The highest BCUT2D eigenvalue weighted by Crippen LogP contribution is 2.12. The average molecular weight is 209 g/mol. The maximum atomic E-state index is 11.3. The van der Waals surface area contributed by atoms with E-state index in [2.05, 4.69) is 5.16 Å². The molecule has 0 heterocycles. The summed E-state index contributed by atoms with van der Waals surface area (Å²) in [4.78, 5) is 16.0. The summed E-state index contributed by atoms with van der Waals surface area (Å²) in [5.74, 6) is -0.607. The lowest BCUT2D eigenvalue weighted by atomic mass is 10.1. The molecule has 6 heteroatoms. The van der Waals surface area contributed by atoms with Crippen molar-refractivity contribution in [2.75, 3.05) is 6.61 Å². The van der Waals surface area contributed by atoms with E-state index in [1.54, 1.807) is 6.92 Å².